The van der Waals surface area contributed by atoms with Crippen molar-refractivity contribution < 1.29 is 4.79 Å². The van der Waals surface area contributed by atoms with Crippen LogP contribution >= 0.6 is 0 Å². The summed E-state index contributed by atoms with van der Waals surface area (Å²) in [7, 11) is 0. The van der Waals surface area contributed by atoms with Gasteiger partial charge in [-0.15, -0.1) is 0 Å². The molecule has 2 atom stereocenters. The van der Waals surface area contributed by atoms with Gasteiger partial charge in [-0.25, -0.2) is 0 Å². The lowest BCUT2D eigenvalue weighted by molar-refractivity contribution is -0.119. The Morgan fingerprint density at radius 3 is 2.73 bits per heavy atom. The molecule has 3 N–H and O–H groups in total. The number of amides is 1. The van der Waals surface area contributed by atoms with Crippen molar-refractivity contribution in [2.45, 2.75) is 44.7 Å². The van der Waals surface area contributed by atoms with E-state index in [4.69, 9.17) is 5.73 Å². The summed E-state index contributed by atoms with van der Waals surface area (Å²) in [6, 6.07) is -0.0973. The molecule has 0 aromatic heterocycles. The summed E-state index contributed by atoms with van der Waals surface area (Å²) in [4.78, 5) is 10.8. The zero-order valence-corrected chi connectivity index (χ0v) is 7.18. The van der Waals surface area contributed by atoms with Gasteiger partial charge in [-0.05, 0) is 26.2 Å². The van der Waals surface area contributed by atoms with Crippen molar-refractivity contribution in [3.63, 3.8) is 0 Å². The maximum absolute atomic E-state index is 10.8. The maximum Gasteiger partial charge on any atom is 0.234 e. The summed E-state index contributed by atoms with van der Waals surface area (Å²) >= 11 is 0. The predicted octanol–water partition coefficient (Wildman–Crippen LogP) is 0.392. The van der Waals surface area contributed by atoms with Crippen LogP contribution in [-0.2, 0) is 4.79 Å². The lowest BCUT2D eigenvalue weighted by Gasteiger charge is -2.22. The highest BCUT2D eigenvalue weighted by atomic mass is 16.1. The molecule has 0 bridgehead atoms. The van der Waals surface area contributed by atoms with Gasteiger partial charge in [0.25, 0.3) is 0 Å². The Morgan fingerprint density at radius 1 is 1.82 bits per heavy atom. The first-order chi connectivity index (χ1) is 5.07. The lowest BCUT2D eigenvalue weighted by Crippen LogP contribution is -2.45. The highest BCUT2D eigenvalue weighted by molar-refractivity contribution is 5.80. The molecule has 0 saturated carbocycles. The molecule has 1 aliphatic rings. The molecule has 0 aromatic rings. The largest absolute Gasteiger partial charge is 0.368 e. The summed E-state index contributed by atoms with van der Waals surface area (Å²) in [5.74, 6) is -0.220. The van der Waals surface area contributed by atoms with Crippen LogP contribution in [0.4, 0.5) is 0 Å². The van der Waals surface area contributed by atoms with Gasteiger partial charge in [0.1, 0.15) is 0 Å². The van der Waals surface area contributed by atoms with Gasteiger partial charge in [-0.2, -0.15) is 0 Å². The average Bonchev–Trinajstić information content (AvgIpc) is 2.33. The Morgan fingerprint density at radius 2 is 2.45 bits per heavy atom. The van der Waals surface area contributed by atoms with Crippen molar-refractivity contribution in [2.75, 3.05) is 0 Å². The molecule has 1 aliphatic heterocycles. The van der Waals surface area contributed by atoms with Gasteiger partial charge in [-0.1, -0.05) is 6.92 Å². The third-order valence-corrected chi connectivity index (χ3v) is 2.63. The monoisotopic (exact) mass is 156 g/mol. The van der Waals surface area contributed by atoms with Crippen LogP contribution in [0.2, 0.25) is 0 Å². The summed E-state index contributed by atoms with van der Waals surface area (Å²) in [6.45, 7) is 4.26. The van der Waals surface area contributed by atoms with E-state index in [1.165, 1.54) is 0 Å². The van der Waals surface area contributed by atoms with Gasteiger partial charge in [-0.3, -0.25) is 4.79 Å². The Bertz CT molecular complexity index is 169. The molecule has 3 nitrogen and oxygen atoms in total. The number of carbonyl (C=O) groups excluding carboxylic acids is 1. The average molecular weight is 156 g/mol. The quantitative estimate of drug-likeness (QED) is 0.607. The summed E-state index contributed by atoms with van der Waals surface area (Å²) in [6.07, 6.45) is 2.99. The second kappa shape index (κ2) is 2.81. The fourth-order valence-electron chi connectivity index (χ4n) is 1.52. The highest BCUT2D eigenvalue weighted by Gasteiger charge is 2.34. The first-order valence-electron chi connectivity index (χ1n) is 4.14. The van der Waals surface area contributed by atoms with Gasteiger partial charge in [0.05, 0.1) is 6.04 Å². The van der Waals surface area contributed by atoms with Crippen molar-refractivity contribution in [1.29, 1.82) is 0 Å². The van der Waals surface area contributed by atoms with E-state index >= 15 is 0 Å². The molecule has 0 radical (unpaired) electrons. The van der Waals surface area contributed by atoms with E-state index in [0.29, 0.717) is 0 Å². The Balaban J connectivity index is 2.53. The van der Waals surface area contributed by atoms with E-state index in [1.54, 1.807) is 0 Å². The molecule has 1 saturated heterocycles. The van der Waals surface area contributed by atoms with Crippen LogP contribution in [-0.4, -0.2) is 17.5 Å². The van der Waals surface area contributed by atoms with Gasteiger partial charge < -0.3 is 11.1 Å². The van der Waals surface area contributed by atoms with Gasteiger partial charge in [0.15, 0.2) is 0 Å². The second-order valence-corrected chi connectivity index (χ2v) is 3.55. The topological polar surface area (TPSA) is 55.1 Å². The molecule has 1 heterocycles. The van der Waals surface area contributed by atoms with Gasteiger partial charge in [0, 0.05) is 5.54 Å². The molecule has 64 valence electrons. The fourth-order valence-corrected chi connectivity index (χ4v) is 1.52. The highest BCUT2D eigenvalue weighted by Crippen LogP contribution is 2.25. The van der Waals surface area contributed by atoms with E-state index in [0.717, 1.165) is 19.3 Å². The SMILES string of the molecule is CCC1(C)CCC(C(N)=O)N1. The van der Waals surface area contributed by atoms with Gasteiger partial charge >= 0.3 is 0 Å². The van der Waals surface area contributed by atoms with Crippen LogP contribution in [0.25, 0.3) is 0 Å². The summed E-state index contributed by atoms with van der Waals surface area (Å²) in [5.41, 5.74) is 5.31. The van der Waals surface area contributed by atoms with E-state index in [-0.39, 0.29) is 17.5 Å². The third kappa shape index (κ3) is 1.71. The number of nitrogens with two attached hydrogens (primary N) is 1. The number of hydrogen-bond donors (Lipinski definition) is 2. The van der Waals surface area contributed by atoms with Crippen molar-refractivity contribution in [3.05, 3.63) is 0 Å². The number of primary amides is 1. The maximum atomic E-state index is 10.8. The Kier molecular flexibility index (Phi) is 2.18. The van der Waals surface area contributed by atoms with Crippen molar-refractivity contribution >= 4 is 5.91 Å². The molecule has 0 aliphatic carbocycles. The summed E-state index contributed by atoms with van der Waals surface area (Å²) in [5, 5.41) is 3.24. The molecule has 0 spiro atoms. The Hall–Kier alpha value is -0.570. The summed E-state index contributed by atoms with van der Waals surface area (Å²) < 4.78 is 0. The number of carbonyl (C=O) groups is 1. The zero-order chi connectivity index (χ0) is 8.48. The van der Waals surface area contributed by atoms with Crippen LogP contribution in [0.1, 0.15) is 33.1 Å². The van der Waals surface area contributed by atoms with Crippen LogP contribution in [0, 0.1) is 0 Å². The van der Waals surface area contributed by atoms with Crippen LogP contribution in [0.3, 0.4) is 0 Å². The molecule has 11 heavy (non-hydrogen) atoms. The molecule has 2 unspecified atom stereocenters. The Labute approximate surface area is 67.3 Å². The smallest absolute Gasteiger partial charge is 0.234 e. The minimum Gasteiger partial charge on any atom is -0.368 e. The second-order valence-electron chi connectivity index (χ2n) is 3.55. The van der Waals surface area contributed by atoms with Crippen LogP contribution < -0.4 is 11.1 Å². The molecule has 0 aromatic carbocycles. The molecule has 1 fully saturated rings. The molecule has 1 rings (SSSR count). The first-order valence-corrected chi connectivity index (χ1v) is 4.14. The van der Waals surface area contributed by atoms with E-state index in [9.17, 15) is 4.79 Å². The van der Waals surface area contributed by atoms with E-state index in [1.807, 2.05) is 0 Å². The van der Waals surface area contributed by atoms with E-state index in [2.05, 4.69) is 19.2 Å². The van der Waals surface area contributed by atoms with E-state index < -0.39 is 0 Å². The minimum absolute atomic E-state index is 0.0973. The minimum atomic E-state index is -0.220. The zero-order valence-electron chi connectivity index (χ0n) is 7.18. The molecular weight excluding hydrogens is 140 g/mol. The number of nitrogens with one attached hydrogen (secondary N) is 1. The molecule has 3 heteroatoms. The third-order valence-electron chi connectivity index (χ3n) is 2.63. The normalized spacial score (nSPS) is 37.5. The van der Waals surface area contributed by atoms with Crippen LogP contribution in [0.5, 0.6) is 0 Å². The van der Waals surface area contributed by atoms with Gasteiger partial charge in [0.2, 0.25) is 5.91 Å². The van der Waals surface area contributed by atoms with Crippen molar-refractivity contribution in [1.82, 2.24) is 5.32 Å². The number of rotatable bonds is 2. The first kappa shape index (κ1) is 8.53. The predicted molar refractivity (Wildman–Crippen MR) is 44.0 cm³/mol. The van der Waals surface area contributed by atoms with Crippen molar-refractivity contribution in [3.8, 4) is 0 Å². The standard InChI is InChI=1S/C8H16N2O/c1-3-8(2)5-4-6(10-8)7(9)11/h6,10H,3-5H2,1-2H3,(H2,9,11). The molecular formula is C8H16N2O. The lowest BCUT2D eigenvalue weighted by atomic mass is 9.97. The number of hydrogen-bond acceptors (Lipinski definition) is 2. The molecule has 1 amide bonds. The van der Waals surface area contributed by atoms with Crippen molar-refractivity contribution in [2.24, 2.45) is 5.73 Å². The fraction of sp³-hybridized carbons (Fsp3) is 0.875. The van der Waals surface area contributed by atoms with Crippen LogP contribution in [0.15, 0.2) is 0 Å².